The first-order chi connectivity index (χ1) is 11.0. The van der Waals surface area contributed by atoms with E-state index in [1.54, 1.807) is 6.07 Å². The average molecular weight is 335 g/mol. The summed E-state index contributed by atoms with van der Waals surface area (Å²) >= 11 is 6.15. The molecule has 3 aliphatic rings. The topological polar surface area (TPSA) is 40.6 Å². The number of benzene rings is 1. The van der Waals surface area contributed by atoms with Crippen LogP contribution in [0.5, 0.6) is 0 Å². The standard InChI is InChI=1S/C18H23ClN2O2/c1-3-9-21-14-8-7-13(17(21)22)10-20(11-14)18(23)15-5-4-6-16(19)12(15)2/h4-6,13-14H,3,7-11H2,1-2H3/t13-,14+/m0/s1. The van der Waals surface area contributed by atoms with E-state index in [0.29, 0.717) is 23.7 Å². The molecule has 124 valence electrons. The van der Waals surface area contributed by atoms with Gasteiger partial charge in [0.05, 0.1) is 5.92 Å². The van der Waals surface area contributed by atoms with Gasteiger partial charge in [-0.25, -0.2) is 0 Å². The normalized spacial score (nSPS) is 24.0. The minimum absolute atomic E-state index is 0.00644. The maximum atomic E-state index is 13.0. The Morgan fingerprint density at radius 2 is 2.09 bits per heavy atom. The Hall–Kier alpha value is -1.55. The van der Waals surface area contributed by atoms with Crippen LogP contribution in [0.15, 0.2) is 18.2 Å². The number of carbonyl (C=O) groups is 2. The zero-order valence-electron chi connectivity index (χ0n) is 13.7. The average Bonchev–Trinajstić information content (AvgIpc) is 2.82. The van der Waals surface area contributed by atoms with Crippen LogP contribution in [-0.2, 0) is 4.79 Å². The van der Waals surface area contributed by atoms with Crippen LogP contribution < -0.4 is 0 Å². The third-order valence-corrected chi connectivity index (χ3v) is 5.45. The van der Waals surface area contributed by atoms with Gasteiger partial charge in [0.2, 0.25) is 5.91 Å². The number of piperidine rings is 1. The molecule has 0 unspecified atom stereocenters. The number of halogens is 1. The van der Waals surface area contributed by atoms with Gasteiger partial charge in [-0.2, -0.15) is 0 Å². The molecule has 1 aromatic carbocycles. The summed E-state index contributed by atoms with van der Waals surface area (Å²) in [6.45, 7) is 5.91. The first-order valence-electron chi connectivity index (χ1n) is 8.37. The van der Waals surface area contributed by atoms with E-state index in [9.17, 15) is 9.59 Å². The summed E-state index contributed by atoms with van der Waals surface area (Å²) in [4.78, 5) is 29.4. The molecule has 2 atom stereocenters. The summed E-state index contributed by atoms with van der Waals surface area (Å²) in [5, 5.41) is 0.609. The maximum absolute atomic E-state index is 13.0. The smallest absolute Gasteiger partial charge is 0.254 e. The van der Waals surface area contributed by atoms with Crippen LogP contribution in [0.25, 0.3) is 0 Å². The van der Waals surface area contributed by atoms with E-state index >= 15 is 0 Å². The Morgan fingerprint density at radius 3 is 2.83 bits per heavy atom. The van der Waals surface area contributed by atoms with Crippen molar-refractivity contribution in [3.05, 3.63) is 34.3 Å². The van der Waals surface area contributed by atoms with E-state index in [1.807, 2.05) is 28.9 Å². The second-order valence-electron chi connectivity index (χ2n) is 6.58. The zero-order valence-corrected chi connectivity index (χ0v) is 14.5. The van der Waals surface area contributed by atoms with Crippen LogP contribution in [0.3, 0.4) is 0 Å². The summed E-state index contributed by atoms with van der Waals surface area (Å²) in [6.07, 6.45) is 2.84. The van der Waals surface area contributed by atoms with Gasteiger partial charge in [0, 0.05) is 36.3 Å². The molecule has 0 N–H and O–H groups in total. The van der Waals surface area contributed by atoms with Crippen LogP contribution >= 0.6 is 11.6 Å². The second-order valence-corrected chi connectivity index (χ2v) is 6.99. The van der Waals surface area contributed by atoms with Crippen LogP contribution in [-0.4, -0.2) is 47.3 Å². The molecule has 1 aromatic rings. The van der Waals surface area contributed by atoms with Crippen molar-refractivity contribution in [2.24, 2.45) is 5.92 Å². The fourth-order valence-electron chi connectivity index (χ4n) is 3.75. The fourth-order valence-corrected chi connectivity index (χ4v) is 3.93. The Labute approximate surface area is 142 Å². The van der Waals surface area contributed by atoms with Gasteiger partial charge < -0.3 is 9.80 Å². The Kier molecular flexibility index (Phi) is 4.62. The van der Waals surface area contributed by atoms with Gasteiger partial charge in [-0.1, -0.05) is 24.6 Å². The molecule has 23 heavy (non-hydrogen) atoms. The Bertz CT molecular complexity index is 631. The number of nitrogens with zero attached hydrogens (tertiary/aromatic N) is 2. The Morgan fingerprint density at radius 1 is 1.30 bits per heavy atom. The minimum atomic E-state index is -0.0521. The van der Waals surface area contributed by atoms with Crippen molar-refractivity contribution in [1.82, 2.24) is 9.80 Å². The molecular weight excluding hydrogens is 312 g/mol. The number of hydrogen-bond acceptors (Lipinski definition) is 2. The maximum Gasteiger partial charge on any atom is 0.254 e. The molecule has 4 rings (SSSR count). The van der Waals surface area contributed by atoms with Gasteiger partial charge in [-0.05, 0) is 43.9 Å². The van der Waals surface area contributed by atoms with E-state index in [4.69, 9.17) is 11.6 Å². The quantitative estimate of drug-likeness (QED) is 0.852. The summed E-state index contributed by atoms with van der Waals surface area (Å²) in [5.74, 6) is 0.165. The van der Waals surface area contributed by atoms with E-state index in [0.717, 1.165) is 31.4 Å². The van der Waals surface area contributed by atoms with Crippen molar-refractivity contribution in [3.63, 3.8) is 0 Å². The molecule has 3 aliphatic heterocycles. The predicted octanol–water partition coefficient (Wildman–Crippen LogP) is 3.12. The largest absolute Gasteiger partial charge is 0.338 e. The highest BCUT2D eigenvalue weighted by atomic mass is 35.5. The van der Waals surface area contributed by atoms with Gasteiger partial charge in [0.1, 0.15) is 0 Å². The van der Waals surface area contributed by atoms with Crippen molar-refractivity contribution in [2.75, 3.05) is 19.6 Å². The molecule has 5 heteroatoms. The number of amides is 2. The lowest BCUT2D eigenvalue weighted by Crippen LogP contribution is -2.48. The minimum Gasteiger partial charge on any atom is -0.338 e. The van der Waals surface area contributed by atoms with Gasteiger partial charge in [-0.3, -0.25) is 9.59 Å². The molecule has 3 saturated heterocycles. The molecule has 2 bridgehead atoms. The van der Waals surface area contributed by atoms with Crippen molar-refractivity contribution in [1.29, 1.82) is 0 Å². The van der Waals surface area contributed by atoms with Crippen molar-refractivity contribution >= 4 is 23.4 Å². The zero-order chi connectivity index (χ0) is 16.6. The lowest BCUT2D eigenvalue weighted by Gasteiger charge is -2.35. The lowest BCUT2D eigenvalue weighted by atomic mass is 9.94. The first kappa shape index (κ1) is 16.3. The highest BCUT2D eigenvalue weighted by Gasteiger charge is 2.41. The van der Waals surface area contributed by atoms with Gasteiger partial charge >= 0.3 is 0 Å². The number of hydrogen-bond donors (Lipinski definition) is 0. The lowest BCUT2D eigenvalue weighted by molar-refractivity contribution is -0.139. The first-order valence-corrected chi connectivity index (χ1v) is 8.75. The highest BCUT2D eigenvalue weighted by molar-refractivity contribution is 6.31. The molecule has 4 nitrogen and oxygen atoms in total. The molecule has 3 fully saturated rings. The van der Waals surface area contributed by atoms with Crippen molar-refractivity contribution in [2.45, 2.75) is 39.2 Å². The molecule has 2 amide bonds. The van der Waals surface area contributed by atoms with Crippen molar-refractivity contribution < 1.29 is 9.59 Å². The van der Waals surface area contributed by atoms with Crippen LogP contribution in [0, 0.1) is 12.8 Å². The molecule has 0 radical (unpaired) electrons. The third kappa shape index (κ3) is 2.97. The van der Waals surface area contributed by atoms with Crippen LogP contribution in [0.1, 0.15) is 42.1 Å². The van der Waals surface area contributed by atoms with Crippen LogP contribution in [0.2, 0.25) is 5.02 Å². The third-order valence-electron chi connectivity index (χ3n) is 5.04. The van der Waals surface area contributed by atoms with Crippen molar-refractivity contribution in [3.8, 4) is 0 Å². The molecule has 0 saturated carbocycles. The van der Waals surface area contributed by atoms with Gasteiger partial charge in [-0.15, -0.1) is 0 Å². The van der Waals surface area contributed by atoms with Crippen LogP contribution in [0.4, 0.5) is 0 Å². The predicted molar refractivity (Wildman–Crippen MR) is 90.6 cm³/mol. The van der Waals surface area contributed by atoms with Gasteiger partial charge in [0.15, 0.2) is 0 Å². The summed E-state index contributed by atoms with van der Waals surface area (Å²) < 4.78 is 0. The molecule has 0 aromatic heterocycles. The van der Waals surface area contributed by atoms with E-state index in [2.05, 4.69) is 6.92 Å². The molecule has 3 heterocycles. The van der Waals surface area contributed by atoms with E-state index < -0.39 is 0 Å². The SMILES string of the molecule is CCCN1C(=O)[C@H]2CC[C@@H]1CN(C(=O)c1cccc(Cl)c1C)C2. The highest BCUT2D eigenvalue weighted by Crippen LogP contribution is 2.30. The molecular formula is C18H23ClN2O2. The Balaban J connectivity index is 1.86. The van der Waals surface area contributed by atoms with E-state index in [1.165, 1.54) is 0 Å². The molecule has 0 spiro atoms. The monoisotopic (exact) mass is 334 g/mol. The number of rotatable bonds is 3. The number of fused-ring (bicyclic) bond motifs is 4. The fraction of sp³-hybridized carbons (Fsp3) is 0.556. The van der Waals surface area contributed by atoms with Gasteiger partial charge in [0.25, 0.3) is 5.91 Å². The second kappa shape index (κ2) is 6.52. The summed E-state index contributed by atoms with van der Waals surface area (Å²) in [5.41, 5.74) is 1.46. The number of carbonyl (C=O) groups excluding carboxylic acids is 2. The summed E-state index contributed by atoms with van der Waals surface area (Å²) in [7, 11) is 0. The molecule has 0 aliphatic carbocycles. The van der Waals surface area contributed by atoms with E-state index in [-0.39, 0.29) is 23.8 Å². The summed E-state index contributed by atoms with van der Waals surface area (Å²) in [6, 6.07) is 5.59.